The number of methoxy groups -OCH3 is 1. The molecule has 1 heterocycles. The standard InChI is InChI=1S/C32H41N3O6S/c1-32(2,3)41-31(38)34-27(14-8-9-19-40-30(33)37)28(21-23-11-6-5-7-12-23)35(22-26-13-10-20-42-26)29(36)24-15-17-25(39-4)18-16-24/h5-7,10-13,15-18,20,27-28H,8-9,14,19,21-22H2,1-4H3,(H2,33,37)(H,34,38)/t27-,28?/m0/s1. The van der Waals surface area contributed by atoms with Gasteiger partial charge < -0.3 is 30.2 Å². The van der Waals surface area contributed by atoms with E-state index < -0.39 is 29.9 Å². The number of nitrogens with one attached hydrogen (secondary N) is 1. The number of thiophene rings is 1. The highest BCUT2D eigenvalue weighted by Crippen LogP contribution is 2.25. The van der Waals surface area contributed by atoms with E-state index in [4.69, 9.17) is 19.9 Å². The fourth-order valence-electron chi connectivity index (χ4n) is 4.59. The summed E-state index contributed by atoms with van der Waals surface area (Å²) >= 11 is 1.57. The molecule has 42 heavy (non-hydrogen) atoms. The zero-order valence-electron chi connectivity index (χ0n) is 24.7. The molecule has 0 saturated heterocycles. The number of nitrogens with two attached hydrogens (primary N) is 1. The molecule has 0 radical (unpaired) electrons. The summed E-state index contributed by atoms with van der Waals surface area (Å²) in [7, 11) is 1.58. The van der Waals surface area contributed by atoms with Crippen molar-refractivity contribution < 1.29 is 28.6 Å². The van der Waals surface area contributed by atoms with Crippen molar-refractivity contribution in [3.05, 3.63) is 88.1 Å². The van der Waals surface area contributed by atoms with Gasteiger partial charge in [0.1, 0.15) is 11.4 Å². The highest BCUT2D eigenvalue weighted by molar-refractivity contribution is 7.09. The number of hydrogen-bond donors (Lipinski definition) is 2. The Hall–Kier alpha value is -4.05. The van der Waals surface area contributed by atoms with Gasteiger partial charge in [0.05, 0.1) is 32.3 Å². The molecular formula is C32H41N3O6S. The monoisotopic (exact) mass is 595 g/mol. The zero-order chi connectivity index (χ0) is 30.5. The van der Waals surface area contributed by atoms with Gasteiger partial charge >= 0.3 is 12.2 Å². The smallest absolute Gasteiger partial charge is 0.407 e. The minimum absolute atomic E-state index is 0.167. The summed E-state index contributed by atoms with van der Waals surface area (Å²) in [4.78, 5) is 41.3. The summed E-state index contributed by atoms with van der Waals surface area (Å²) < 4.78 is 15.8. The molecule has 0 aliphatic carbocycles. The number of primary amides is 1. The van der Waals surface area contributed by atoms with Crippen molar-refractivity contribution in [2.24, 2.45) is 5.73 Å². The van der Waals surface area contributed by atoms with E-state index in [1.54, 1.807) is 63.5 Å². The second-order valence-electron chi connectivity index (χ2n) is 10.9. The second kappa shape index (κ2) is 15.8. The summed E-state index contributed by atoms with van der Waals surface area (Å²) in [5, 5.41) is 5.05. The molecule has 1 aromatic heterocycles. The van der Waals surface area contributed by atoms with Gasteiger partial charge in [-0.3, -0.25) is 4.79 Å². The van der Waals surface area contributed by atoms with E-state index in [-0.39, 0.29) is 12.5 Å². The minimum Gasteiger partial charge on any atom is -0.497 e. The van der Waals surface area contributed by atoms with Gasteiger partial charge in [0.2, 0.25) is 0 Å². The number of benzene rings is 2. The first-order chi connectivity index (χ1) is 20.1. The summed E-state index contributed by atoms with van der Waals surface area (Å²) in [6.45, 7) is 5.94. The van der Waals surface area contributed by atoms with Crippen LogP contribution in [0.5, 0.6) is 5.75 Å². The molecule has 0 saturated carbocycles. The molecule has 3 N–H and O–H groups in total. The van der Waals surface area contributed by atoms with Crippen LogP contribution in [0.25, 0.3) is 0 Å². The molecule has 3 rings (SSSR count). The van der Waals surface area contributed by atoms with E-state index in [0.29, 0.717) is 43.5 Å². The van der Waals surface area contributed by atoms with Crippen LogP contribution in [0.1, 0.15) is 60.8 Å². The first-order valence-electron chi connectivity index (χ1n) is 14.0. The van der Waals surface area contributed by atoms with Crippen molar-refractivity contribution in [2.75, 3.05) is 13.7 Å². The summed E-state index contributed by atoms with van der Waals surface area (Å²) in [5.74, 6) is 0.486. The number of amides is 3. The number of carbonyl (C=O) groups excluding carboxylic acids is 3. The summed E-state index contributed by atoms with van der Waals surface area (Å²) in [5.41, 5.74) is 5.95. The third-order valence-corrected chi connectivity index (χ3v) is 7.37. The Bertz CT molecular complexity index is 1260. The summed E-state index contributed by atoms with van der Waals surface area (Å²) in [6.07, 6.45) is 0.773. The van der Waals surface area contributed by atoms with Gasteiger partial charge in [-0.25, -0.2) is 9.59 Å². The molecule has 2 aromatic carbocycles. The van der Waals surface area contributed by atoms with Gasteiger partial charge in [-0.2, -0.15) is 0 Å². The average molecular weight is 596 g/mol. The van der Waals surface area contributed by atoms with Crippen LogP contribution in [0.4, 0.5) is 9.59 Å². The van der Waals surface area contributed by atoms with E-state index in [0.717, 1.165) is 10.4 Å². The van der Waals surface area contributed by atoms with E-state index in [9.17, 15) is 14.4 Å². The van der Waals surface area contributed by atoms with Gasteiger partial charge in [-0.05, 0) is 87.7 Å². The van der Waals surface area contributed by atoms with Crippen LogP contribution >= 0.6 is 11.3 Å². The van der Waals surface area contributed by atoms with Crippen molar-refractivity contribution in [2.45, 2.75) is 70.7 Å². The Morgan fingerprint density at radius 3 is 2.29 bits per heavy atom. The van der Waals surface area contributed by atoms with Crippen LogP contribution in [0.2, 0.25) is 0 Å². The molecule has 10 heteroatoms. The second-order valence-corrected chi connectivity index (χ2v) is 11.9. The van der Waals surface area contributed by atoms with Crippen LogP contribution in [-0.4, -0.2) is 54.4 Å². The number of nitrogens with zero attached hydrogens (tertiary/aromatic N) is 1. The predicted octanol–water partition coefficient (Wildman–Crippen LogP) is 6.17. The highest BCUT2D eigenvalue weighted by Gasteiger charge is 2.34. The topological polar surface area (TPSA) is 120 Å². The Labute approximate surface area is 251 Å². The lowest BCUT2D eigenvalue weighted by molar-refractivity contribution is 0.0411. The molecular weight excluding hydrogens is 554 g/mol. The number of rotatable bonds is 14. The quantitative estimate of drug-likeness (QED) is 0.215. The lowest BCUT2D eigenvalue weighted by Crippen LogP contribution is -2.55. The SMILES string of the molecule is COc1ccc(C(=O)N(Cc2cccs2)C(Cc2ccccc2)[C@H](CCCCOC(N)=O)NC(=O)OC(C)(C)C)cc1. The van der Waals surface area contributed by atoms with Crippen LogP contribution in [0.3, 0.4) is 0 Å². The molecule has 2 atom stereocenters. The number of carbonyl (C=O) groups is 3. The molecule has 226 valence electrons. The summed E-state index contributed by atoms with van der Waals surface area (Å²) in [6, 6.07) is 19.9. The minimum atomic E-state index is -0.826. The van der Waals surface area contributed by atoms with Crippen LogP contribution in [0, 0.1) is 0 Å². The largest absolute Gasteiger partial charge is 0.497 e. The number of unbranched alkanes of at least 4 members (excludes halogenated alkanes) is 1. The van der Waals surface area contributed by atoms with Gasteiger partial charge in [-0.15, -0.1) is 11.3 Å². The molecule has 1 unspecified atom stereocenters. The maximum absolute atomic E-state index is 14.2. The maximum atomic E-state index is 14.2. The first-order valence-corrected chi connectivity index (χ1v) is 14.9. The van der Waals surface area contributed by atoms with E-state index in [2.05, 4.69) is 5.32 Å². The molecule has 0 bridgehead atoms. The van der Waals surface area contributed by atoms with Crippen molar-refractivity contribution in [1.82, 2.24) is 10.2 Å². The maximum Gasteiger partial charge on any atom is 0.407 e. The Morgan fingerprint density at radius 2 is 1.69 bits per heavy atom. The van der Waals surface area contributed by atoms with Crippen LogP contribution in [-0.2, 0) is 22.4 Å². The predicted molar refractivity (Wildman–Crippen MR) is 164 cm³/mol. The third kappa shape index (κ3) is 10.7. The zero-order valence-corrected chi connectivity index (χ0v) is 25.5. The normalized spacial score (nSPS) is 12.6. The molecule has 0 aliphatic heterocycles. The van der Waals surface area contributed by atoms with Gasteiger partial charge in [0.15, 0.2) is 0 Å². The number of ether oxygens (including phenoxy) is 3. The Kier molecular flexibility index (Phi) is 12.2. The van der Waals surface area contributed by atoms with E-state index in [1.165, 1.54) is 0 Å². The molecule has 0 spiro atoms. The lowest BCUT2D eigenvalue weighted by atomic mass is 9.93. The number of hydrogen-bond acceptors (Lipinski definition) is 7. The first kappa shape index (κ1) is 32.5. The fraction of sp³-hybridized carbons (Fsp3) is 0.406. The van der Waals surface area contributed by atoms with Gasteiger partial charge in [-0.1, -0.05) is 36.4 Å². The highest BCUT2D eigenvalue weighted by atomic mass is 32.1. The Balaban J connectivity index is 2.02. The van der Waals surface area contributed by atoms with Crippen molar-refractivity contribution >= 4 is 29.4 Å². The van der Waals surface area contributed by atoms with Crippen molar-refractivity contribution in [3.8, 4) is 5.75 Å². The molecule has 9 nitrogen and oxygen atoms in total. The molecule has 3 amide bonds. The van der Waals surface area contributed by atoms with Crippen LogP contribution < -0.4 is 15.8 Å². The van der Waals surface area contributed by atoms with Crippen LogP contribution in [0.15, 0.2) is 72.1 Å². The van der Waals surface area contributed by atoms with Gasteiger partial charge in [0, 0.05) is 10.4 Å². The van der Waals surface area contributed by atoms with Gasteiger partial charge in [0.25, 0.3) is 5.91 Å². The molecule has 3 aromatic rings. The number of alkyl carbamates (subject to hydrolysis) is 1. The van der Waals surface area contributed by atoms with E-state index in [1.807, 2.05) is 52.7 Å². The molecule has 0 fully saturated rings. The fourth-order valence-corrected chi connectivity index (χ4v) is 5.30. The third-order valence-electron chi connectivity index (χ3n) is 6.51. The van der Waals surface area contributed by atoms with Crippen molar-refractivity contribution in [3.63, 3.8) is 0 Å². The van der Waals surface area contributed by atoms with E-state index >= 15 is 0 Å². The average Bonchev–Trinajstić information content (AvgIpc) is 3.46. The van der Waals surface area contributed by atoms with Crippen molar-refractivity contribution in [1.29, 1.82) is 0 Å². The lowest BCUT2D eigenvalue weighted by Gasteiger charge is -2.38. The molecule has 0 aliphatic rings. The Morgan fingerprint density at radius 1 is 0.976 bits per heavy atom.